The van der Waals surface area contributed by atoms with Crippen molar-refractivity contribution in [1.82, 2.24) is 30.4 Å². The summed E-state index contributed by atoms with van der Waals surface area (Å²) >= 11 is 0. The summed E-state index contributed by atoms with van der Waals surface area (Å²) in [6.07, 6.45) is 2.65. The molecule has 3 aromatic rings. The van der Waals surface area contributed by atoms with Crippen LogP contribution in [0.3, 0.4) is 0 Å². The summed E-state index contributed by atoms with van der Waals surface area (Å²) in [6.45, 7) is 1.91. The van der Waals surface area contributed by atoms with Crippen molar-refractivity contribution in [3.63, 3.8) is 0 Å². The van der Waals surface area contributed by atoms with Crippen LogP contribution in [-0.4, -0.2) is 37.7 Å². The lowest BCUT2D eigenvalue weighted by Gasteiger charge is -2.08. The van der Waals surface area contributed by atoms with Gasteiger partial charge in [-0.15, -0.1) is 5.10 Å². The largest absolute Gasteiger partial charge is 0.326 e. The second kappa shape index (κ2) is 6.99. The Kier molecular flexibility index (Phi) is 4.37. The molecule has 1 saturated heterocycles. The van der Waals surface area contributed by atoms with Crippen LogP contribution in [0.4, 0.5) is 4.79 Å². The van der Waals surface area contributed by atoms with Crippen LogP contribution in [-0.2, 0) is 11.2 Å². The molecule has 0 unspecified atom stereocenters. The molecule has 0 saturated carbocycles. The summed E-state index contributed by atoms with van der Waals surface area (Å²) in [4.78, 5) is 32.0. The molecule has 0 spiro atoms. The first-order chi connectivity index (χ1) is 13.1. The molecule has 2 N–H and O–H groups in total. The van der Waals surface area contributed by atoms with E-state index in [1.165, 1.54) is 0 Å². The topological polar surface area (TPSA) is 102 Å². The number of carbonyl (C=O) groups excluding carboxylic acids is 2. The van der Waals surface area contributed by atoms with Crippen molar-refractivity contribution >= 4 is 11.9 Å². The maximum absolute atomic E-state index is 11.8. The zero-order chi connectivity index (χ0) is 18.8. The summed E-state index contributed by atoms with van der Waals surface area (Å²) in [7, 11) is 0. The number of benzene rings is 1. The molecule has 1 aromatic carbocycles. The summed E-state index contributed by atoms with van der Waals surface area (Å²) in [5, 5.41) is 9.52. The van der Waals surface area contributed by atoms with E-state index in [9.17, 15) is 9.59 Å². The average Bonchev–Trinajstić information content (AvgIpc) is 3.23. The molecule has 0 aliphatic carbocycles. The fourth-order valence-corrected chi connectivity index (χ4v) is 3.02. The number of aromatic nitrogens is 4. The SMILES string of the molecule is Cc1cc(-n2nc(-c3ccccc3)nc2CC[C@@H]2NC(=O)NC2=O)ccn1. The Morgan fingerprint density at radius 2 is 1.96 bits per heavy atom. The van der Waals surface area contributed by atoms with Gasteiger partial charge in [0.15, 0.2) is 5.82 Å². The summed E-state index contributed by atoms with van der Waals surface area (Å²) in [5.74, 6) is 1.02. The molecule has 136 valence electrons. The van der Waals surface area contributed by atoms with Crippen molar-refractivity contribution in [1.29, 1.82) is 0 Å². The first-order valence-corrected chi connectivity index (χ1v) is 8.66. The molecule has 1 aliphatic rings. The third-order valence-corrected chi connectivity index (χ3v) is 4.35. The summed E-state index contributed by atoms with van der Waals surface area (Å²) in [6, 6.07) is 12.5. The standard InChI is InChI=1S/C19H18N6O2/c1-12-11-14(9-10-20-12)25-16(8-7-15-18(26)23-19(27)21-15)22-17(24-25)13-5-3-2-4-6-13/h2-6,9-11,15H,7-8H2,1H3,(H2,21,23,26,27)/t15-/m0/s1. The van der Waals surface area contributed by atoms with E-state index in [0.29, 0.717) is 24.5 Å². The lowest BCUT2D eigenvalue weighted by Crippen LogP contribution is -2.29. The molecule has 1 fully saturated rings. The number of imide groups is 1. The van der Waals surface area contributed by atoms with Crippen molar-refractivity contribution in [2.45, 2.75) is 25.8 Å². The van der Waals surface area contributed by atoms with Gasteiger partial charge in [-0.05, 0) is 25.5 Å². The van der Waals surface area contributed by atoms with Crippen LogP contribution in [0.5, 0.6) is 0 Å². The Morgan fingerprint density at radius 3 is 2.67 bits per heavy atom. The molecule has 1 aliphatic heterocycles. The Hall–Kier alpha value is -3.55. The van der Waals surface area contributed by atoms with Crippen molar-refractivity contribution in [3.8, 4) is 17.1 Å². The van der Waals surface area contributed by atoms with E-state index < -0.39 is 12.1 Å². The molecule has 2 aromatic heterocycles. The van der Waals surface area contributed by atoms with Gasteiger partial charge in [0, 0.05) is 23.9 Å². The first kappa shape index (κ1) is 16.9. The second-order valence-corrected chi connectivity index (χ2v) is 6.34. The fraction of sp³-hybridized carbons (Fsp3) is 0.211. The predicted octanol–water partition coefficient (Wildman–Crippen LogP) is 1.78. The van der Waals surface area contributed by atoms with E-state index >= 15 is 0 Å². The zero-order valence-electron chi connectivity index (χ0n) is 14.7. The second-order valence-electron chi connectivity index (χ2n) is 6.34. The monoisotopic (exact) mass is 362 g/mol. The van der Waals surface area contributed by atoms with E-state index in [1.54, 1.807) is 10.9 Å². The molecular formula is C19H18N6O2. The van der Waals surface area contributed by atoms with Crippen LogP contribution >= 0.6 is 0 Å². The van der Waals surface area contributed by atoms with Gasteiger partial charge in [-0.2, -0.15) is 0 Å². The van der Waals surface area contributed by atoms with Gasteiger partial charge in [0.2, 0.25) is 0 Å². The van der Waals surface area contributed by atoms with Crippen LogP contribution in [0.2, 0.25) is 0 Å². The quantitative estimate of drug-likeness (QED) is 0.674. The van der Waals surface area contributed by atoms with Crippen LogP contribution in [0.1, 0.15) is 17.9 Å². The van der Waals surface area contributed by atoms with E-state index in [-0.39, 0.29) is 5.91 Å². The number of urea groups is 1. The number of nitrogens with zero attached hydrogens (tertiary/aromatic N) is 4. The molecular weight excluding hydrogens is 344 g/mol. The smallest absolute Gasteiger partial charge is 0.322 e. The summed E-state index contributed by atoms with van der Waals surface area (Å²) in [5.41, 5.74) is 2.64. The first-order valence-electron chi connectivity index (χ1n) is 8.66. The molecule has 3 heterocycles. The fourth-order valence-electron chi connectivity index (χ4n) is 3.02. The third-order valence-electron chi connectivity index (χ3n) is 4.35. The van der Waals surface area contributed by atoms with Gasteiger partial charge in [0.05, 0.1) is 5.69 Å². The Morgan fingerprint density at radius 1 is 1.15 bits per heavy atom. The number of rotatable bonds is 5. The maximum Gasteiger partial charge on any atom is 0.322 e. The van der Waals surface area contributed by atoms with Crippen molar-refractivity contribution < 1.29 is 9.59 Å². The minimum absolute atomic E-state index is 0.311. The molecule has 4 rings (SSSR count). The number of amides is 3. The molecule has 27 heavy (non-hydrogen) atoms. The summed E-state index contributed by atoms with van der Waals surface area (Å²) < 4.78 is 1.77. The Labute approximate surface area is 155 Å². The van der Waals surface area contributed by atoms with E-state index in [0.717, 1.165) is 16.9 Å². The van der Waals surface area contributed by atoms with Crippen molar-refractivity contribution in [3.05, 3.63) is 60.2 Å². The normalized spacial score (nSPS) is 16.3. The lowest BCUT2D eigenvalue weighted by molar-refractivity contribution is -0.120. The Balaban J connectivity index is 1.67. The van der Waals surface area contributed by atoms with Gasteiger partial charge in [-0.3, -0.25) is 15.1 Å². The van der Waals surface area contributed by atoms with E-state index in [4.69, 9.17) is 0 Å². The highest BCUT2D eigenvalue weighted by Gasteiger charge is 2.29. The van der Waals surface area contributed by atoms with Gasteiger partial charge < -0.3 is 5.32 Å². The van der Waals surface area contributed by atoms with Crippen LogP contribution in [0, 0.1) is 6.92 Å². The highest BCUT2D eigenvalue weighted by Crippen LogP contribution is 2.20. The highest BCUT2D eigenvalue weighted by molar-refractivity contribution is 6.04. The lowest BCUT2D eigenvalue weighted by atomic mass is 10.1. The molecule has 8 nitrogen and oxygen atoms in total. The zero-order valence-corrected chi connectivity index (χ0v) is 14.7. The molecule has 0 radical (unpaired) electrons. The van der Waals surface area contributed by atoms with Crippen LogP contribution < -0.4 is 10.6 Å². The highest BCUT2D eigenvalue weighted by atomic mass is 16.2. The number of hydrogen-bond acceptors (Lipinski definition) is 5. The Bertz CT molecular complexity index is 998. The van der Waals surface area contributed by atoms with Crippen LogP contribution in [0.15, 0.2) is 48.7 Å². The van der Waals surface area contributed by atoms with Gasteiger partial charge in [0.25, 0.3) is 5.91 Å². The number of carbonyl (C=O) groups is 2. The third kappa shape index (κ3) is 3.55. The van der Waals surface area contributed by atoms with Gasteiger partial charge >= 0.3 is 6.03 Å². The van der Waals surface area contributed by atoms with E-state index in [1.807, 2.05) is 49.4 Å². The molecule has 0 bridgehead atoms. The van der Waals surface area contributed by atoms with Crippen LogP contribution in [0.25, 0.3) is 17.1 Å². The van der Waals surface area contributed by atoms with Crippen molar-refractivity contribution in [2.75, 3.05) is 0 Å². The van der Waals surface area contributed by atoms with Gasteiger partial charge in [-0.1, -0.05) is 30.3 Å². The molecule has 1 atom stereocenters. The minimum atomic E-state index is -0.554. The van der Waals surface area contributed by atoms with E-state index in [2.05, 4.69) is 25.7 Å². The maximum atomic E-state index is 11.8. The molecule has 8 heteroatoms. The van der Waals surface area contributed by atoms with Gasteiger partial charge in [-0.25, -0.2) is 14.5 Å². The number of aryl methyl sites for hydroxylation is 2. The minimum Gasteiger partial charge on any atom is -0.326 e. The number of nitrogens with one attached hydrogen (secondary N) is 2. The predicted molar refractivity (Wildman–Crippen MR) is 98.1 cm³/mol. The van der Waals surface area contributed by atoms with Gasteiger partial charge in [0.1, 0.15) is 11.9 Å². The molecule has 3 amide bonds. The number of hydrogen-bond donors (Lipinski definition) is 2. The average molecular weight is 362 g/mol. The number of pyridine rings is 1. The van der Waals surface area contributed by atoms with Crippen molar-refractivity contribution in [2.24, 2.45) is 0 Å².